The molecule has 3 heteroatoms. The van der Waals surface area contributed by atoms with Gasteiger partial charge in [-0.3, -0.25) is 4.79 Å². The minimum atomic E-state index is 0.0957. The van der Waals surface area contributed by atoms with E-state index in [-0.39, 0.29) is 11.8 Å². The van der Waals surface area contributed by atoms with Crippen molar-refractivity contribution in [1.82, 2.24) is 5.32 Å². The molecule has 1 fully saturated rings. The van der Waals surface area contributed by atoms with Gasteiger partial charge in [0.25, 0.3) is 0 Å². The van der Waals surface area contributed by atoms with Crippen LogP contribution < -0.4 is 10.6 Å². The van der Waals surface area contributed by atoms with Crippen LogP contribution in [-0.2, 0) is 4.79 Å². The van der Waals surface area contributed by atoms with Crippen LogP contribution in [0.3, 0.4) is 0 Å². The molecular weight excluding hydrogens is 212 g/mol. The van der Waals surface area contributed by atoms with E-state index in [1.165, 1.54) is 0 Å². The van der Waals surface area contributed by atoms with Gasteiger partial charge < -0.3 is 10.6 Å². The van der Waals surface area contributed by atoms with E-state index in [0.29, 0.717) is 5.92 Å². The smallest absolute Gasteiger partial charge is 0.228 e. The molecule has 1 aromatic rings. The van der Waals surface area contributed by atoms with Gasteiger partial charge in [0, 0.05) is 12.2 Å². The van der Waals surface area contributed by atoms with Crippen LogP contribution in [0.25, 0.3) is 0 Å². The first-order valence-electron chi connectivity index (χ1n) is 6.24. The highest BCUT2D eigenvalue weighted by molar-refractivity contribution is 5.93. The van der Waals surface area contributed by atoms with E-state index in [0.717, 1.165) is 30.8 Å². The lowest BCUT2D eigenvalue weighted by Crippen LogP contribution is -2.40. The van der Waals surface area contributed by atoms with E-state index in [9.17, 15) is 4.79 Å². The third kappa shape index (κ3) is 3.07. The molecule has 1 aromatic carbocycles. The summed E-state index contributed by atoms with van der Waals surface area (Å²) in [4.78, 5) is 12.1. The second-order valence-electron chi connectivity index (χ2n) is 5.00. The normalized spacial score (nSPS) is 24.4. The largest absolute Gasteiger partial charge is 0.326 e. The molecule has 0 saturated carbocycles. The predicted molar refractivity (Wildman–Crippen MR) is 69.9 cm³/mol. The van der Waals surface area contributed by atoms with Crippen LogP contribution in [0.5, 0.6) is 0 Å². The highest BCUT2D eigenvalue weighted by Crippen LogP contribution is 2.19. The molecule has 0 spiro atoms. The Kier molecular flexibility index (Phi) is 3.79. The summed E-state index contributed by atoms with van der Waals surface area (Å²) in [6.07, 6.45) is 0.977. The molecule has 1 heterocycles. The molecule has 2 rings (SSSR count). The van der Waals surface area contributed by atoms with Crippen LogP contribution in [0, 0.1) is 18.8 Å². The first kappa shape index (κ1) is 12.1. The van der Waals surface area contributed by atoms with Crippen LogP contribution in [0.1, 0.15) is 18.9 Å². The molecule has 2 atom stereocenters. The zero-order chi connectivity index (χ0) is 12.3. The second kappa shape index (κ2) is 5.32. The zero-order valence-electron chi connectivity index (χ0n) is 10.5. The number of anilines is 1. The van der Waals surface area contributed by atoms with Gasteiger partial charge in [-0.1, -0.05) is 25.1 Å². The van der Waals surface area contributed by atoms with Crippen molar-refractivity contribution in [2.24, 2.45) is 11.8 Å². The lowest BCUT2D eigenvalue weighted by molar-refractivity contribution is -0.120. The van der Waals surface area contributed by atoms with Crippen LogP contribution >= 0.6 is 0 Å². The van der Waals surface area contributed by atoms with Gasteiger partial charge in [0.05, 0.1) is 5.92 Å². The van der Waals surface area contributed by atoms with Crippen LogP contribution in [0.4, 0.5) is 5.69 Å². The SMILES string of the molecule is Cc1ccccc1NC(=O)C1CNCC(C)C1. The summed E-state index contributed by atoms with van der Waals surface area (Å²) < 4.78 is 0. The van der Waals surface area contributed by atoms with Crippen molar-refractivity contribution in [3.63, 3.8) is 0 Å². The van der Waals surface area contributed by atoms with Crippen molar-refractivity contribution < 1.29 is 4.79 Å². The molecule has 3 nitrogen and oxygen atoms in total. The number of piperidine rings is 1. The Balaban J connectivity index is 1.99. The number of aryl methyl sites for hydroxylation is 1. The van der Waals surface area contributed by atoms with Gasteiger partial charge in [-0.2, -0.15) is 0 Å². The summed E-state index contributed by atoms with van der Waals surface area (Å²) in [5, 5.41) is 6.33. The lowest BCUT2D eigenvalue weighted by Gasteiger charge is -2.27. The molecule has 2 N–H and O–H groups in total. The Hall–Kier alpha value is -1.35. The molecule has 92 valence electrons. The maximum absolute atomic E-state index is 12.1. The standard InChI is InChI=1S/C14H20N2O/c1-10-7-12(9-15-8-10)14(17)16-13-6-4-3-5-11(13)2/h3-6,10,12,15H,7-9H2,1-2H3,(H,16,17). The summed E-state index contributed by atoms with van der Waals surface area (Å²) in [5.41, 5.74) is 2.04. The van der Waals surface area contributed by atoms with Gasteiger partial charge in [0.1, 0.15) is 0 Å². The molecule has 2 unspecified atom stereocenters. The summed E-state index contributed by atoms with van der Waals surface area (Å²) in [5.74, 6) is 0.813. The van der Waals surface area contributed by atoms with Gasteiger partial charge in [-0.05, 0) is 37.4 Å². The molecule has 0 aromatic heterocycles. The maximum Gasteiger partial charge on any atom is 0.228 e. The molecule has 0 aliphatic carbocycles. The van der Waals surface area contributed by atoms with Crippen molar-refractivity contribution in [2.45, 2.75) is 20.3 Å². The van der Waals surface area contributed by atoms with Crippen molar-refractivity contribution in [2.75, 3.05) is 18.4 Å². The third-order valence-electron chi connectivity index (χ3n) is 3.34. The monoisotopic (exact) mass is 232 g/mol. The molecule has 1 aliphatic rings. The molecular formula is C14H20N2O. The summed E-state index contributed by atoms with van der Waals surface area (Å²) in [6.45, 7) is 6.01. The predicted octanol–water partition coefficient (Wildman–Crippen LogP) is 2.18. The molecule has 1 aliphatic heterocycles. The molecule has 17 heavy (non-hydrogen) atoms. The van der Waals surface area contributed by atoms with Crippen LogP contribution in [0.2, 0.25) is 0 Å². The van der Waals surface area contributed by atoms with Gasteiger partial charge in [-0.15, -0.1) is 0 Å². The van der Waals surface area contributed by atoms with E-state index >= 15 is 0 Å². The first-order valence-corrected chi connectivity index (χ1v) is 6.24. The Bertz CT molecular complexity index is 403. The Morgan fingerprint density at radius 3 is 2.82 bits per heavy atom. The number of benzene rings is 1. The molecule has 0 bridgehead atoms. The number of nitrogens with one attached hydrogen (secondary N) is 2. The number of carbonyl (C=O) groups is 1. The fraction of sp³-hybridized carbons (Fsp3) is 0.500. The van der Waals surface area contributed by atoms with Gasteiger partial charge in [0.2, 0.25) is 5.91 Å². The van der Waals surface area contributed by atoms with E-state index < -0.39 is 0 Å². The minimum absolute atomic E-state index is 0.0957. The lowest BCUT2D eigenvalue weighted by atomic mass is 9.91. The topological polar surface area (TPSA) is 41.1 Å². The molecule has 0 radical (unpaired) electrons. The third-order valence-corrected chi connectivity index (χ3v) is 3.34. The van der Waals surface area contributed by atoms with Crippen molar-refractivity contribution in [3.05, 3.63) is 29.8 Å². The number of hydrogen-bond donors (Lipinski definition) is 2. The highest BCUT2D eigenvalue weighted by atomic mass is 16.1. The van der Waals surface area contributed by atoms with E-state index in [1.807, 2.05) is 31.2 Å². The van der Waals surface area contributed by atoms with Crippen molar-refractivity contribution >= 4 is 11.6 Å². The first-order chi connectivity index (χ1) is 8.16. The summed E-state index contributed by atoms with van der Waals surface area (Å²) in [6, 6.07) is 7.89. The van der Waals surface area contributed by atoms with Crippen LogP contribution in [0.15, 0.2) is 24.3 Å². The highest BCUT2D eigenvalue weighted by Gasteiger charge is 2.24. The summed E-state index contributed by atoms with van der Waals surface area (Å²) in [7, 11) is 0. The second-order valence-corrected chi connectivity index (χ2v) is 5.00. The van der Waals surface area contributed by atoms with Gasteiger partial charge in [-0.25, -0.2) is 0 Å². The summed E-state index contributed by atoms with van der Waals surface area (Å²) >= 11 is 0. The minimum Gasteiger partial charge on any atom is -0.326 e. The molecule has 1 amide bonds. The quantitative estimate of drug-likeness (QED) is 0.820. The fourth-order valence-corrected chi connectivity index (χ4v) is 2.30. The Morgan fingerprint density at radius 1 is 1.35 bits per heavy atom. The van der Waals surface area contributed by atoms with E-state index in [4.69, 9.17) is 0 Å². The zero-order valence-corrected chi connectivity index (χ0v) is 10.5. The maximum atomic E-state index is 12.1. The van der Waals surface area contributed by atoms with E-state index in [2.05, 4.69) is 17.6 Å². The van der Waals surface area contributed by atoms with Crippen molar-refractivity contribution in [1.29, 1.82) is 0 Å². The number of hydrogen-bond acceptors (Lipinski definition) is 2. The van der Waals surface area contributed by atoms with Gasteiger partial charge >= 0.3 is 0 Å². The number of para-hydroxylation sites is 1. The fourth-order valence-electron chi connectivity index (χ4n) is 2.30. The van der Waals surface area contributed by atoms with Gasteiger partial charge in [0.15, 0.2) is 0 Å². The number of rotatable bonds is 2. The van der Waals surface area contributed by atoms with Crippen LogP contribution in [-0.4, -0.2) is 19.0 Å². The Morgan fingerprint density at radius 2 is 2.12 bits per heavy atom. The number of carbonyl (C=O) groups excluding carboxylic acids is 1. The number of amides is 1. The average Bonchev–Trinajstić information content (AvgIpc) is 2.32. The average molecular weight is 232 g/mol. The van der Waals surface area contributed by atoms with E-state index in [1.54, 1.807) is 0 Å². The molecule has 1 saturated heterocycles. The Labute approximate surface area is 103 Å². The van der Waals surface area contributed by atoms with Crippen molar-refractivity contribution in [3.8, 4) is 0 Å².